The monoisotopic (exact) mass is 158 g/mol. The summed E-state index contributed by atoms with van der Waals surface area (Å²) >= 11 is 0. The summed E-state index contributed by atoms with van der Waals surface area (Å²) in [5.41, 5.74) is 1.14. The van der Waals surface area contributed by atoms with E-state index >= 15 is 0 Å². The molecule has 0 aliphatic heterocycles. The van der Waals surface area contributed by atoms with Crippen LogP contribution in [-0.2, 0) is 6.42 Å². The predicted octanol–water partition coefficient (Wildman–Crippen LogP) is 1.61. The fourth-order valence-electron chi connectivity index (χ4n) is 0.950. The molecule has 0 radical (unpaired) electrons. The maximum Gasteiger partial charge on any atom is 0.178 e. The topological polar surface area (TPSA) is 17.1 Å². The van der Waals surface area contributed by atoms with Gasteiger partial charge in [0.2, 0.25) is 0 Å². The van der Waals surface area contributed by atoms with Gasteiger partial charge in [0.05, 0.1) is 0 Å². The van der Waals surface area contributed by atoms with Gasteiger partial charge < -0.3 is 0 Å². The van der Waals surface area contributed by atoms with Gasteiger partial charge in [0.15, 0.2) is 5.43 Å². The second-order valence-electron chi connectivity index (χ2n) is 2.54. The molecule has 1 rings (SSSR count). The summed E-state index contributed by atoms with van der Waals surface area (Å²) in [6.45, 7) is 0. The van der Waals surface area contributed by atoms with E-state index in [1.165, 1.54) is 0 Å². The summed E-state index contributed by atoms with van der Waals surface area (Å²) in [4.78, 5) is 10.9. The molecular weight excluding hydrogens is 148 g/mol. The second-order valence-corrected chi connectivity index (χ2v) is 2.54. The van der Waals surface area contributed by atoms with Crippen molar-refractivity contribution in [3.05, 3.63) is 46.1 Å². The number of hydrogen-bond donors (Lipinski definition) is 0. The predicted molar refractivity (Wildman–Crippen MR) is 49.9 cm³/mol. The van der Waals surface area contributed by atoms with Crippen molar-refractivity contribution in [1.82, 2.24) is 0 Å². The second kappa shape index (κ2) is 4.35. The summed E-state index contributed by atoms with van der Waals surface area (Å²) in [7, 11) is 0. The van der Waals surface area contributed by atoms with Crippen molar-refractivity contribution in [1.29, 1.82) is 0 Å². The van der Waals surface area contributed by atoms with Crippen molar-refractivity contribution < 1.29 is 0 Å². The average Bonchev–Trinajstić information content (AvgIpc) is 2.27. The standard InChI is InChI=1S/C11H10O/c1-2-3-5-10-6-4-7-11(12)9-8-10/h1,4,6-9H,3,5H2. The van der Waals surface area contributed by atoms with Crippen LogP contribution in [0.25, 0.3) is 0 Å². The fourth-order valence-corrected chi connectivity index (χ4v) is 0.950. The van der Waals surface area contributed by atoms with Gasteiger partial charge in [-0.1, -0.05) is 18.2 Å². The van der Waals surface area contributed by atoms with Gasteiger partial charge in [0, 0.05) is 6.42 Å². The number of terminal acetylenes is 1. The Kier molecular flexibility index (Phi) is 3.10. The van der Waals surface area contributed by atoms with Crippen LogP contribution in [0.1, 0.15) is 12.0 Å². The van der Waals surface area contributed by atoms with E-state index in [9.17, 15) is 4.79 Å². The first-order valence-corrected chi connectivity index (χ1v) is 3.85. The highest BCUT2D eigenvalue weighted by Gasteiger charge is 1.87. The van der Waals surface area contributed by atoms with Gasteiger partial charge in [-0.2, -0.15) is 0 Å². The SMILES string of the molecule is C#CCCc1cccc(=O)cc1. The Hall–Kier alpha value is -1.55. The van der Waals surface area contributed by atoms with Gasteiger partial charge in [-0.3, -0.25) is 4.79 Å². The van der Waals surface area contributed by atoms with Crippen LogP contribution in [0.4, 0.5) is 0 Å². The lowest BCUT2D eigenvalue weighted by molar-refractivity contribution is 1.03. The molecule has 0 N–H and O–H groups in total. The molecule has 0 heterocycles. The molecule has 0 aliphatic carbocycles. The summed E-state index contributed by atoms with van der Waals surface area (Å²) in [5.74, 6) is 2.56. The van der Waals surface area contributed by atoms with Crippen molar-refractivity contribution in [2.75, 3.05) is 0 Å². The van der Waals surface area contributed by atoms with Crippen LogP contribution in [0.2, 0.25) is 0 Å². The molecule has 0 bridgehead atoms. The highest BCUT2D eigenvalue weighted by atomic mass is 16.1. The van der Waals surface area contributed by atoms with Crippen LogP contribution in [0.5, 0.6) is 0 Å². The molecule has 1 nitrogen and oxygen atoms in total. The van der Waals surface area contributed by atoms with E-state index in [0.29, 0.717) is 0 Å². The van der Waals surface area contributed by atoms with Gasteiger partial charge in [-0.15, -0.1) is 12.3 Å². The first-order chi connectivity index (χ1) is 5.83. The molecule has 60 valence electrons. The molecule has 1 aromatic carbocycles. The summed E-state index contributed by atoms with van der Waals surface area (Å²) < 4.78 is 0. The van der Waals surface area contributed by atoms with Crippen LogP contribution in [0.3, 0.4) is 0 Å². The Bertz CT molecular complexity index is 347. The Morgan fingerprint density at radius 1 is 1.25 bits per heavy atom. The summed E-state index contributed by atoms with van der Waals surface area (Å²) in [6, 6.07) is 8.60. The van der Waals surface area contributed by atoms with Crippen LogP contribution in [-0.4, -0.2) is 0 Å². The molecule has 0 aromatic heterocycles. The lowest BCUT2D eigenvalue weighted by atomic mass is 10.2. The largest absolute Gasteiger partial charge is 0.290 e. The molecular formula is C11H10O. The zero-order chi connectivity index (χ0) is 8.81. The minimum atomic E-state index is 0.0296. The molecule has 0 saturated heterocycles. The number of aryl methyl sites for hydroxylation is 1. The van der Waals surface area contributed by atoms with Gasteiger partial charge in [0.1, 0.15) is 0 Å². The molecule has 0 spiro atoms. The van der Waals surface area contributed by atoms with Gasteiger partial charge >= 0.3 is 0 Å². The van der Waals surface area contributed by atoms with Crippen LogP contribution in [0, 0.1) is 12.3 Å². The highest BCUT2D eigenvalue weighted by Crippen LogP contribution is 1.98. The van der Waals surface area contributed by atoms with E-state index in [4.69, 9.17) is 6.42 Å². The van der Waals surface area contributed by atoms with Gasteiger partial charge in [0.25, 0.3) is 0 Å². The highest BCUT2D eigenvalue weighted by molar-refractivity contribution is 5.14. The summed E-state index contributed by atoms with van der Waals surface area (Å²) in [6.07, 6.45) is 6.68. The van der Waals surface area contributed by atoms with E-state index in [0.717, 1.165) is 18.4 Å². The first-order valence-electron chi connectivity index (χ1n) is 3.85. The molecule has 0 saturated carbocycles. The molecule has 0 aliphatic rings. The molecule has 1 heteroatoms. The molecule has 0 amide bonds. The van der Waals surface area contributed by atoms with Crippen molar-refractivity contribution in [2.24, 2.45) is 0 Å². The van der Waals surface area contributed by atoms with E-state index < -0.39 is 0 Å². The third-order valence-electron chi connectivity index (χ3n) is 1.59. The number of rotatable bonds is 2. The third-order valence-corrected chi connectivity index (χ3v) is 1.59. The van der Waals surface area contributed by atoms with Gasteiger partial charge in [-0.25, -0.2) is 0 Å². The maximum atomic E-state index is 10.9. The Morgan fingerprint density at radius 3 is 2.83 bits per heavy atom. The lowest BCUT2D eigenvalue weighted by Crippen LogP contribution is -1.88. The normalized spacial score (nSPS) is 8.92. The van der Waals surface area contributed by atoms with Crippen LogP contribution >= 0.6 is 0 Å². The minimum Gasteiger partial charge on any atom is -0.290 e. The first kappa shape index (κ1) is 8.55. The van der Waals surface area contributed by atoms with Crippen molar-refractivity contribution in [3.63, 3.8) is 0 Å². The zero-order valence-electron chi connectivity index (χ0n) is 6.79. The molecule has 0 unspecified atom stereocenters. The molecule has 12 heavy (non-hydrogen) atoms. The van der Waals surface area contributed by atoms with Crippen molar-refractivity contribution >= 4 is 0 Å². The van der Waals surface area contributed by atoms with Gasteiger partial charge in [-0.05, 0) is 24.1 Å². The average molecular weight is 158 g/mol. The van der Waals surface area contributed by atoms with Crippen LogP contribution < -0.4 is 5.43 Å². The van der Waals surface area contributed by atoms with E-state index in [2.05, 4.69) is 5.92 Å². The molecule has 1 aromatic rings. The Morgan fingerprint density at radius 2 is 2.08 bits per heavy atom. The minimum absolute atomic E-state index is 0.0296. The van der Waals surface area contributed by atoms with Crippen molar-refractivity contribution in [2.45, 2.75) is 12.8 Å². The fraction of sp³-hybridized carbons (Fsp3) is 0.182. The zero-order valence-corrected chi connectivity index (χ0v) is 6.79. The van der Waals surface area contributed by atoms with Crippen LogP contribution in [0.15, 0.2) is 35.1 Å². The Labute approximate surface area is 72.1 Å². The quantitative estimate of drug-likeness (QED) is 0.598. The third kappa shape index (κ3) is 2.59. The molecule has 0 fully saturated rings. The van der Waals surface area contributed by atoms with E-state index in [-0.39, 0.29) is 5.43 Å². The number of hydrogen-bond acceptors (Lipinski definition) is 1. The molecule has 0 atom stereocenters. The van der Waals surface area contributed by atoms with Crippen molar-refractivity contribution in [3.8, 4) is 12.3 Å². The van der Waals surface area contributed by atoms with E-state index in [1.807, 2.05) is 12.1 Å². The summed E-state index contributed by atoms with van der Waals surface area (Å²) in [5, 5.41) is 0. The Balaban J connectivity index is 2.84. The van der Waals surface area contributed by atoms with E-state index in [1.54, 1.807) is 18.2 Å². The maximum absolute atomic E-state index is 10.9. The smallest absolute Gasteiger partial charge is 0.178 e. The lowest BCUT2D eigenvalue weighted by Gasteiger charge is -1.89.